The highest BCUT2D eigenvalue weighted by molar-refractivity contribution is 7.21. The zero-order chi connectivity index (χ0) is 16.6. The summed E-state index contributed by atoms with van der Waals surface area (Å²) in [6, 6.07) is 0.976. The van der Waals surface area contributed by atoms with Crippen molar-refractivity contribution < 1.29 is 22.7 Å². The van der Waals surface area contributed by atoms with Gasteiger partial charge in [0.2, 0.25) is 0 Å². The van der Waals surface area contributed by atoms with Crippen LogP contribution in [-0.2, 0) is 17.5 Å². The van der Waals surface area contributed by atoms with Gasteiger partial charge in [-0.15, -0.1) is 11.3 Å². The van der Waals surface area contributed by atoms with Crippen molar-refractivity contribution in [2.45, 2.75) is 12.7 Å². The molecule has 0 fully saturated rings. The molecule has 0 N–H and O–H groups in total. The van der Waals surface area contributed by atoms with Crippen LogP contribution in [0.1, 0.15) is 20.8 Å². The van der Waals surface area contributed by atoms with Crippen LogP contribution in [0.2, 0.25) is 0 Å². The Morgan fingerprint density at radius 1 is 1.43 bits per heavy atom. The molecule has 6 nitrogen and oxygen atoms in total. The molecule has 3 aromatic heterocycles. The Labute approximate surface area is 131 Å². The Balaban J connectivity index is 2.16. The highest BCUT2D eigenvalue weighted by Gasteiger charge is 2.32. The van der Waals surface area contributed by atoms with Crippen LogP contribution in [0.5, 0.6) is 0 Å². The van der Waals surface area contributed by atoms with E-state index in [1.54, 1.807) is 0 Å². The summed E-state index contributed by atoms with van der Waals surface area (Å²) < 4.78 is 44.8. The van der Waals surface area contributed by atoms with E-state index in [4.69, 9.17) is 4.74 Å². The molecule has 0 aromatic carbocycles. The molecule has 3 heterocycles. The summed E-state index contributed by atoms with van der Waals surface area (Å²) in [7, 11) is 1.21. The normalized spacial score (nSPS) is 11.8. The molecule has 0 saturated heterocycles. The molecular formula is C13H9F3N4O2S. The van der Waals surface area contributed by atoms with Gasteiger partial charge in [-0.3, -0.25) is 4.98 Å². The highest BCUT2D eigenvalue weighted by Crippen LogP contribution is 2.36. The van der Waals surface area contributed by atoms with Gasteiger partial charge in [-0.25, -0.2) is 14.5 Å². The number of hydrogen-bond donors (Lipinski definition) is 0. The van der Waals surface area contributed by atoms with Gasteiger partial charge in [-0.05, 0) is 6.07 Å². The van der Waals surface area contributed by atoms with E-state index in [1.807, 2.05) is 0 Å². The zero-order valence-electron chi connectivity index (χ0n) is 11.7. The van der Waals surface area contributed by atoms with E-state index in [2.05, 4.69) is 15.1 Å². The summed E-state index contributed by atoms with van der Waals surface area (Å²) in [5.41, 5.74) is -0.0926. The van der Waals surface area contributed by atoms with Gasteiger partial charge < -0.3 is 4.74 Å². The largest absolute Gasteiger partial charge is 0.465 e. The zero-order valence-corrected chi connectivity index (χ0v) is 12.5. The Bertz CT molecular complexity index is 858. The average molecular weight is 342 g/mol. The maximum Gasteiger partial charge on any atom is 0.417 e. The second kappa shape index (κ2) is 5.61. The number of nitrogens with zero attached hydrogens (tertiary/aromatic N) is 4. The van der Waals surface area contributed by atoms with E-state index in [0.29, 0.717) is 11.1 Å². The van der Waals surface area contributed by atoms with Crippen LogP contribution >= 0.6 is 11.3 Å². The van der Waals surface area contributed by atoms with Gasteiger partial charge in [-0.2, -0.15) is 18.3 Å². The van der Waals surface area contributed by atoms with E-state index >= 15 is 0 Å². The predicted molar refractivity (Wildman–Crippen MR) is 75.1 cm³/mol. The van der Waals surface area contributed by atoms with E-state index in [1.165, 1.54) is 24.4 Å². The van der Waals surface area contributed by atoms with Crippen molar-refractivity contribution in [3.63, 3.8) is 0 Å². The van der Waals surface area contributed by atoms with Crippen molar-refractivity contribution in [3.05, 3.63) is 40.9 Å². The molecule has 0 saturated carbocycles. The summed E-state index contributed by atoms with van der Waals surface area (Å²) in [5, 5.41) is 3.93. The van der Waals surface area contributed by atoms with E-state index in [0.717, 1.165) is 23.6 Å². The minimum Gasteiger partial charge on any atom is -0.465 e. The Morgan fingerprint density at radius 2 is 2.22 bits per heavy atom. The third-order valence-electron chi connectivity index (χ3n) is 3.11. The minimum absolute atomic E-state index is 0.156. The molecule has 3 aromatic rings. The molecular weight excluding hydrogens is 333 g/mol. The number of halogens is 3. The molecule has 120 valence electrons. The number of pyridine rings is 1. The van der Waals surface area contributed by atoms with Gasteiger partial charge in [-0.1, -0.05) is 0 Å². The van der Waals surface area contributed by atoms with E-state index < -0.39 is 17.7 Å². The Morgan fingerprint density at radius 3 is 2.83 bits per heavy atom. The third kappa shape index (κ3) is 2.89. The first-order chi connectivity index (χ1) is 10.9. The maximum atomic E-state index is 12.8. The van der Waals surface area contributed by atoms with Gasteiger partial charge >= 0.3 is 12.1 Å². The number of ether oxygens (including phenoxy) is 1. The topological polar surface area (TPSA) is 69.9 Å². The van der Waals surface area contributed by atoms with E-state index in [-0.39, 0.29) is 16.1 Å². The lowest BCUT2D eigenvalue weighted by Gasteiger charge is -2.06. The molecule has 0 unspecified atom stereocenters. The number of esters is 1. The fourth-order valence-electron chi connectivity index (χ4n) is 2.06. The van der Waals surface area contributed by atoms with E-state index in [9.17, 15) is 18.0 Å². The maximum absolute atomic E-state index is 12.8. The lowest BCUT2D eigenvalue weighted by molar-refractivity contribution is -0.137. The van der Waals surface area contributed by atoms with Crippen LogP contribution in [0.4, 0.5) is 13.2 Å². The van der Waals surface area contributed by atoms with Crippen LogP contribution in [0.25, 0.3) is 10.2 Å². The van der Waals surface area contributed by atoms with Crippen LogP contribution < -0.4 is 0 Å². The minimum atomic E-state index is -4.50. The monoisotopic (exact) mass is 342 g/mol. The smallest absolute Gasteiger partial charge is 0.417 e. The molecule has 0 bridgehead atoms. The lowest BCUT2D eigenvalue weighted by Crippen LogP contribution is -2.07. The Kier molecular flexibility index (Phi) is 3.76. The van der Waals surface area contributed by atoms with Gasteiger partial charge in [0, 0.05) is 11.8 Å². The summed E-state index contributed by atoms with van der Waals surface area (Å²) in [5.74, 6) is -0.628. The molecule has 0 amide bonds. The molecule has 0 atom stereocenters. The third-order valence-corrected chi connectivity index (χ3v) is 4.26. The number of methoxy groups -OCH3 is 1. The van der Waals surface area contributed by atoms with Crippen molar-refractivity contribution in [2.75, 3.05) is 7.11 Å². The molecule has 0 aliphatic carbocycles. The van der Waals surface area contributed by atoms with Gasteiger partial charge in [0.15, 0.2) is 0 Å². The first-order valence-corrected chi connectivity index (χ1v) is 7.11. The molecule has 3 rings (SSSR count). The second-order valence-corrected chi connectivity index (χ2v) is 5.62. The van der Waals surface area contributed by atoms with Crippen LogP contribution in [-0.4, -0.2) is 32.8 Å². The molecule has 0 aliphatic rings. The van der Waals surface area contributed by atoms with Crippen molar-refractivity contribution >= 4 is 27.5 Å². The summed E-state index contributed by atoms with van der Waals surface area (Å²) >= 11 is 0.910. The SMILES string of the molecule is COC(=O)c1sc2cc(C(F)(F)F)cnc2c1Cn1cncn1. The molecule has 23 heavy (non-hydrogen) atoms. The second-order valence-electron chi connectivity index (χ2n) is 4.56. The molecule has 0 radical (unpaired) electrons. The van der Waals surface area contributed by atoms with Gasteiger partial charge in [0.25, 0.3) is 0 Å². The van der Waals surface area contributed by atoms with Crippen molar-refractivity contribution in [1.29, 1.82) is 0 Å². The first kappa shape index (κ1) is 15.4. The van der Waals surface area contributed by atoms with Crippen LogP contribution in [0.3, 0.4) is 0 Å². The lowest BCUT2D eigenvalue weighted by atomic mass is 10.2. The summed E-state index contributed by atoms with van der Waals surface area (Å²) in [6.45, 7) is 0.156. The van der Waals surface area contributed by atoms with Crippen LogP contribution in [0.15, 0.2) is 24.9 Å². The van der Waals surface area contributed by atoms with Crippen LogP contribution in [0, 0.1) is 0 Å². The number of alkyl halides is 3. The molecule has 0 spiro atoms. The number of hydrogen-bond acceptors (Lipinski definition) is 6. The molecule has 10 heteroatoms. The quantitative estimate of drug-likeness (QED) is 0.685. The van der Waals surface area contributed by atoms with Crippen molar-refractivity contribution in [1.82, 2.24) is 19.7 Å². The molecule has 0 aliphatic heterocycles. The standard InChI is InChI=1S/C13H9F3N4O2S/c1-22-12(21)11-8(4-20-6-17-5-19-20)10-9(23-11)2-7(3-18-10)13(14,15)16/h2-3,5-6H,4H2,1H3. The van der Waals surface area contributed by atoms with Crippen molar-refractivity contribution in [3.8, 4) is 0 Å². The fourth-order valence-corrected chi connectivity index (χ4v) is 3.19. The Hall–Kier alpha value is -2.49. The number of carbonyl (C=O) groups is 1. The first-order valence-electron chi connectivity index (χ1n) is 6.29. The highest BCUT2D eigenvalue weighted by atomic mass is 32.1. The summed E-state index contributed by atoms with van der Waals surface area (Å²) in [4.78, 5) is 19.8. The number of carbonyl (C=O) groups excluding carboxylic acids is 1. The summed E-state index contributed by atoms with van der Waals surface area (Å²) in [6.07, 6.45) is -0.986. The van der Waals surface area contributed by atoms with Gasteiger partial charge in [0.05, 0.1) is 29.4 Å². The fraction of sp³-hybridized carbons (Fsp3) is 0.231. The number of rotatable bonds is 3. The average Bonchev–Trinajstić information content (AvgIpc) is 3.13. The van der Waals surface area contributed by atoms with Crippen molar-refractivity contribution in [2.24, 2.45) is 0 Å². The van der Waals surface area contributed by atoms with Gasteiger partial charge in [0.1, 0.15) is 17.5 Å². The number of fused-ring (bicyclic) bond motifs is 1. The number of thiophene rings is 1. The predicted octanol–water partition coefficient (Wildman–Crippen LogP) is 2.74. The number of aromatic nitrogens is 4.